The van der Waals surface area contributed by atoms with Gasteiger partial charge in [-0.15, -0.1) is 0 Å². The van der Waals surface area contributed by atoms with E-state index in [0.29, 0.717) is 0 Å². The van der Waals surface area contributed by atoms with Crippen LogP contribution in [-0.4, -0.2) is 94.2 Å². The fraction of sp³-hybridized carbons (Fsp3) is 0.500. The fourth-order valence-corrected chi connectivity index (χ4v) is 6.50. The van der Waals surface area contributed by atoms with E-state index in [9.17, 15) is 34.8 Å². The van der Waals surface area contributed by atoms with Crippen LogP contribution >= 0.6 is 0 Å². The summed E-state index contributed by atoms with van der Waals surface area (Å²) >= 11 is 0. The number of methoxy groups -OCH3 is 1. The molecule has 4 N–H and O–H groups in total. The van der Waals surface area contributed by atoms with E-state index < -0.39 is 65.2 Å². The second kappa shape index (κ2) is 10.5. The van der Waals surface area contributed by atoms with E-state index in [1.807, 2.05) is 19.0 Å². The van der Waals surface area contributed by atoms with Crippen molar-refractivity contribution >= 4 is 17.5 Å². The summed E-state index contributed by atoms with van der Waals surface area (Å²) in [6.07, 6.45) is -3.09. The van der Waals surface area contributed by atoms with Crippen molar-refractivity contribution in [1.29, 1.82) is 0 Å². The van der Waals surface area contributed by atoms with Gasteiger partial charge in [0.15, 0.2) is 12.1 Å². The largest absolute Gasteiger partial charge is 0.507 e. The first-order chi connectivity index (χ1) is 19.3. The average Bonchev–Trinajstić information content (AvgIpc) is 2.92. The van der Waals surface area contributed by atoms with E-state index in [2.05, 4.69) is 0 Å². The molecule has 0 spiro atoms. The zero-order valence-corrected chi connectivity index (χ0v) is 23.6. The maximum Gasteiger partial charge on any atom is 0.316 e. The zero-order valence-electron chi connectivity index (χ0n) is 23.6. The Labute approximate surface area is 237 Å². The van der Waals surface area contributed by atoms with Crippen LogP contribution in [0.15, 0.2) is 24.3 Å². The van der Waals surface area contributed by atoms with Gasteiger partial charge in [0, 0.05) is 35.6 Å². The van der Waals surface area contributed by atoms with Crippen LogP contribution in [0.1, 0.15) is 88.1 Å². The van der Waals surface area contributed by atoms with E-state index in [1.54, 1.807) is 13.8 Å². The quantitative estimate of drug-likeness (QED) is 0.333. The summed E-state index contributed by atoms with van der Waals surface area (Å²) in [6.45, 7) is 3.41. The number of aromatic hydroxyl groups is 2. The van der Waals surface area contributed by atoms with Crippen molar-refractivity contribution < 1.29 is 49.0 Å². The number of esters is 1. The lowest BCUT2D eigenvalue weighted by molar-refractivity contribution is -0.258. The molecule has 0 amide bonds. The minimum atomic E-state index is -1.69. The summed E-state index contributed by atoms with van der Waals surface area (Å²) in [7, 11) is 4.82. The minimum Gasteiger partial charge on any atom is -0.507 e. The Morgan fingerprint density at radius 3 is 2.49 bits per heavy atom. The molecule has 0 bridgehead atoms. The molecule has 5 unspecified atom stereocenters. The predicted molar refractivity (Wildman–Crippen MR) is 144 cm³/mol. The van der Waals surface area contributed by atoms with Crippen LogP contribution in [0.2, 0.25) is 0 Å². The van der Waals surface area contributed by atoms with Crippen LogP contribution in [0.25, 0.3) is 0 Å². The van der Waals surface area contributed by atoms with Crippen molar-refractivity contribution in [3.8, 4) is 11.5 Å². The number of nitrogens with zero attached hydrogens (tertiary/aromatic N) is 1. The number of likely N-dealkylation sites (N-methyl/N-ethyl adjacent to an activating group) is 1. The highest BCUT2D eigenvalue weighted by molar-refractivity contribution is 6.30. The molecule has 41 heavy (non-hydrogen) atoms. The van der Waals surface area contributed by atoms with Crippen molar-refractivity contribution in [1.82, 2.24) is 4.90 Å². The Morgan fingerprint density at radius 1 is 1.15 bits per heavy atom. The molecule has 0 saturated carbocycles. The van der Waals surface area contributed by atoms with E-state index in [0.717, 1.165) is 0 Å². The summed E-state index contributed by atoms with van der Waals surface area (Å²) in [4.78, 5) is 42.1. The van der Waals surface area contributed by atoms with Gasteiger partial charge in [-0.3, -0.25) is 14.4 Å². The molecule has 1 saturated heterocycles. The predicted octanol–water partition coefficient (Wildman–Crippen LogP) is 2.16. The van der Waals surface area contributed by atoms with Crippen LogP contribution in [-0.2, 0) is 19.0 Å². The number of rotatable bonds is 5. The number of hydrogen-bond acceptors (Lipinski definition) is 11. The Morgan fingerprint density at radius 2 is 1.85 bits per heavy atom. The van der Waals surface area contributed by atoms with Crippen molar-refractivity contribution in [3.05, 3.63) is 57.6 Å². The minimum absolute atomic E-state index is 0.0382. The van der Waals surface area contributed by atoms with Gasteiger partial charge in [-0.1, -0.05) is 19.1 Å². The van der Waals surface area contributed by atoms with E-state index >= 15 is 0 Å². The Hall–Kier alpha value is -3.35. The summed E-state index contributed by atoms with van der Waals surface area (Å²) in [6, 6.07) is 5.14. The topological polar surface area (TPSA) is 163 Å². The number of phenols is 2. The SMILES string of the molecule is CC[C@]1(O)CC(O[C@@H]2CC(N(C)C)C(O)C(C)O2)c2c(cc3c(c2O)C(=O)c2c(O)cccc2C3=O)C1C(=O)OC. The molecule has 5 rings (SSSR count). The first kappa shape index (κ1) is 29.2. The fourth-order valence-electron chi connectivity index (χ4n) is 6.50. The van der Waals surface area contributed by atoms with Crippen LogP contribution in [0.5, 0.6) is 11.5 Å². The Kier molecular flexibility index (Phi) is 7.46. The molecule has 11 nitrogen and oxygen atoms in total. The van der Waals surface area contributed by atoms with Gasteiger partial charge in [-0.2, -0.15) is 0 Å². The smallest absolute Gasteiger partial charge is 0.316 e. The summed E-state index contributed by atoms with van der Waals surface area (Å²) in [5.74, 6) is -4.42. The molecule has 1 heterocycles. The van der Waals surface area contributed by atoms with Gasteiger partial charge in [0.05, 0.1) is 42.1 Å². The molecule has 1 aliphatic heterocycles. The van der Waals surface area contributed by atoms with Crippen LogP contribution in [0.4, 0.5) is 0 Å². The maximum atomic E-state index is 13.6. The molecule has 0 aromatic heterocycles. The third-order valence-corrected chi connectivity index (χ3v) is 8.77. The van der Waals surface area contributed by atoms with Crippen molar-refractivity contribution in [2.45, 2.75) is 75.3 Å². The highest BCUT2D eigenvalue weighted by atomic mass is 16.7. The second-order valence-electron chi connectivity index (χ2n) is 11.3. The number of carbonyl (C=O) groups excluding carboxylic acids is 3. The molecule has 0 radical (unpaired) electrons. The first-order valence-electron chi connectivity index (χ1n) is 13.6. The van der Waals surface area contributed by atoms with Crippen LogP contribution in [0, 0.1) is 0 Å². The normalized spacial score (nSPS) is 30.9. The molecule has 220 valence electrons. The monoisotopic (exact) mass is 569 g/mol. The molecule has 11 heteroatoms. The molecule has 2 aromatic rings. The van der Waals surface area contributed by atoms with Gasteiger partial charge in [0.25, 0.3) is 0 Å². The maximum absolute atomic E-state index is 13.6. The zero-order chi connectivity index (χ0) is 30.0. The Bertz CT molecular complexity index is 1420. The third kappa shape index (κ3) is 4.52. The van der Waals surface area contributed by atoms with Gasteiger partial charge >= 0.3 is 5.97 Å². The average molecular weight is 570 g/mol. The van der Waals surface area contributed by atoms with Gasteiger partial charge in [0.2, 0.25) is 5.78 Å². The highest BCUT2D eigenvalue weighted by Crippen LogP contribution is 2.54. The molecule has 2 aliphatic carbocycles. The Balaban J connectivity index is 1.69. The van der Waals surface area contributed by atoms with E-state index in [4.69, 9.17) is 14.2 Å². The van der Waals surface area contributed by atoms with Crippen LogP contribution < -0.4 is 0 Å². The lowest BCUT2D eigenvalue weighted by Gasteiger charge is -2.46. The van der Waals surface area contributed by atoms with Crippen molar-refractivity contribution in [3.63, 3.8) is 0 Å². The first-order valence-corrected chi connectivity index (χ1v) is 13.6. The number of ketones is 2. The van der Waals surface area contributed by atoms with Crippen LogP contribution in [0.3, 0.4) is 0 Å². The number of phenolic OH excluding ortho intramolecular Hbond substituents is 2. The number of fused-ring (bicyclic) bond motifs is 3. The van der Waals surface area contributed by atoms with Gasteiger partial charge < -0.3 is 39.5 Å². The molecule has 3 aliphatic rings. The number of hydrogen-bond donors (Lipinski definition) is 4. The van der Waals surface area contributed by atoms with Crippen molar-refractivity contribution in [2.24, 2.45) is 0 Å². The molecule has 7 atom stereocenters. The standard InChI is InChI=1S/C30H35NO10/c1-6-30(38)12-19(41-20-11-17(31(3)4)25(33)13(2)40-20)22-15(24(30)29(37)39-5)10-16-23(28(22)36)27(35)21-14(26(16)34)8-7-9-18(21)32/h7-10,13,17,19-20,24-25,32-33,36,38H,6,11-12H2,1-5H3/t13?,17?,19?,20-,24?,25?,30+/m1/s1. The number of ether oxygens (including phenoxy) is 3. The summed E-state index contributed by atoms with van der Waals surface area (Å²) < 4.78 is 17.3. The third-order valence-electron chi connectivity index (χ3n) is 8.77. The lowest BCUT2D eigenvalue weighted by Crippen LogP contribution is -2.54. The number of benzene rings is 2. The van der Waals surface area contributed by atoms with E-state index in [-0.39, 0.29) is 58.7 Å². The van der Waals surface area contributed by atoms with Gasteiger partial charge in [-0.05, 0) is 45.1 Å². The second-order valence-corrected chi connectivity index (χ2v) is 11.3. The lowest BCUT2D eigenvalue weighted by atomic mass is 9.67. The number of carbonyl (C=O) groups is 3. The summed E-state index contributed by atoms with van der Waals surface area (Å²) in [5, 5.41) is 44.5. The van der Waals surface area contributed by atoms with E-state index in [1.165, 1.54) is 31.4 Å². The summed E-state index contributed by atoms with van der Waals surface area (Å²) in [5.41, 5.74) is -2.27. The molecular weight excluding hydrogens is 534 g/mol. The van der Waals surface area contributed by atoms with Gasteiger partial charge in [0.1, 0.15) is 17.4 Å². The number of aliphatic hydroxyl groups is 2. The molecule has 2 aromatic carbocycles. The molecular formula is C30H35NO10. The number of aliphatic hydroxyl groups excluding tert-OH is 1. The van der Waals surface area contributed by atoms with Gasteiger partial charge in [-0.25, -0.2) is 0 Å². The highest BCUT2D eigenvalue weighted by Gasteiger charge is 2.53. The van der Waals surface area contributed by atoms with Crippen molar-refractivity contribution in [2.75, 3.05) is 21.2 Å². The molecule has 1 fully saturated rings.